The summed E-state index contributed by atoms with van der Waals surface area (Å²) in [5.41, 5.74) is 0. The van der Waals surface area contributed by atoms with E-state index in [0.717, 1.165) is 12.8 Å². The Kier molecular flexibility index (Phi) is 7.36. The smallest absolute Gasteiger partial charge is 0.282 e. The highest BCUT2D eigenvalue weighted by molar-refractivity contribution is 7.86. The van der Waals surface area contributed by atoms with Gasteiger partial charge in [0.1, 0.15) is 0 Å². The topological polar surface area (TPSA) is 53.1 Å². The predicted octanol–water partition coefficient (Wildman–Crippen LogP) is 0.647. The minimum Gasteiger partial charge on any atom is -0.379 e. The van der Waals surface area contributed by atoms with E-state index in [4.69, 9.17) is 4.74 Å². The molecule has 2 fully saturated rings. The van der Waals surface area contributed by atoms with E-state index >= 15 is 0 Å². The first-order valence-corrected chi connectivity index (χ1v) is 8.86. The summed E-state index contributed by atoms with van der Waals surface area (Å²) < 4.78 is 33.8. The zero-order chi connectivity index (χ0) is 14.8. The molecule has 0 amide bonds. The van der Waals surface area contributed by atoms with Gasteiger partial charge in [0.15, 0.2) is 0 Å². The molecule has 2 atom stereocenters. The van der Waals surface area contributed by atoms with Gasteiger partial charge in [0.2, 0.25) is 0 Å². The van der Waals surface area contributed by atoms with Crippen molar-refractivity contribution in [2.24, 2.45) is 5.92 Å². The number of ether oxygens (including phenoxy) is 1. The lowest BCUT2D eigenvalue weighted by atomic mass is 9.98. The van der Waals surface area contributed by atoms with Gasteiger partial charge in [-0.15, -0.1) is 12.4 Å². The highest BCUT2D eigenvalue weighted by Crippen LogP contribution is 2.28. The minimum absolute atomic E-state index is 0. The van der Waals surface area contributed by atoms with Gasteiger partial charge in [-0.1, -0.05) is 13.3 Å². The van der Waals surface area contributed by atoms with Crippen molar-refractivity contribution in [3.63, 3.8) is 0 Å². The fourth-order valence-corrected chi connectivity index (χ4v) is 4.84. The summed E-state index contributed by atoms with van der Waals surface area (Å²) in [4.78, 5) is 2.16. The average Bonchev–Trinajstić information content (AvgIpc) is 2.85. The van der Waals surface area contributed by atoms with Crippen molar-refractivity contribution in [3.05, 3.63) is 0 Å². The van der Waals surface area contributed by atoms with Gasteiger partial charge in [0.05, 0.1) is 13.2 Å². The van der Waals surface area contributed by atoms with E-state index < -0.39 is 10.2 Å². The van der Waals surface area contributed by atoms with Crippen molar-refractivity contribution < 1.29 is 13.2 Å². The number of nitrogens with zero attached hydrogens (tertiary/aromatic N) is 3. The lowest BCUT2D eigenvalue weighted by Gasteiger charge is -2.30. The van der Waals surface area contributed by atoms with Crippen LogP contribution in [0, 0.1) is 5.92 Å². The standard InChI is InChI=1S/C13H27N3O3S.ClH/c1-4-5-12-10-16(11-13(12)14(2)3)20(17,18)15-6-8-19-9-7-15;/h12-13H,4-11H2,1-3H3;1H/t12-,13-;/m0./s1. The molecule has 126 valence electrons. The molecule has 0 aliphatic carbocycles. The molecule has 0 bridgehead atoms. The molecule has 2 heterocycles. The van der Waals surface area contributed by atoms with Crippen LogP contribution in [0.2, 0.25) is 0 Å². The molecule has 2 saturated heterocycles. The fourth-order valence-electron chi connectivity index (χ4n) is 3.18. The third kappa shape index (κ3) is 4.30. The molecule has 0 unspecified atom stereocenters. The van der Waals surface area contributed by atoms with Crippen molar-refractivity contribution in [1.29, 1.82) is 0 Å². The molecule has 21 heavy (non-hydrogen) atoms. The molecule has 0 aromatic rings. The molecule has 8 heteroatoms. The molecule has 2 rings (SSSR count). The molecule has 0 N–H and O–H groups in total. The first-order chi connectivity index (χ1) is 9.46. The molecule has 0 saturated carbocycles. The van der Waals surface area contributed by atoms with Gasteiger partial charge in [-0.25, -0.2) is 0 Å². The first-order valence-electron chi connectivity index (χ1n) is 7.46. The van der Waals surface area contributed by atoms with Gasteiger partial charge in [-0.3, -0.25) is 0 Å². The Hall–Kier alpha value is 0.0800. The molecule has 0 spiro atoms. The second kappa shape index (κ2) is 8.08. The number of hydrogen-bond donors (Lipinski definition) is 0. The summed E-state index contributed by atoms with van der Waals surface area (Å²) in [6, 6.07) is 0.325. The van der Waals surface area contributed by atoms with Crippen LogP contribution in [0.15, 0.2) is 0 Å². The van der Waals surface area contributed by atoms with Gasteiger partial charge in [0.25, 0.3) is 10.2 Å². The van der Waals surface area contributed by atoms with E-state index in [2.05, 4.69) is 11.8 Å². The quantitative estimate of drug-likeness (QED) is 0.736. The highest BCUT2D eigenvalue weighted by Gasteiger charge is 2.41. The molecule has 0 aromatic heterocycles. The van der Waals surface area contributed by atoms with Crippen LogP contribution in [0.5, 0.6) is 0 Å². The predicted molar refractivity (Wildman–Crippen MR) is 86.0 cm³/mol. The van der Waals surface area contributed by atoms with E-state index in [-0.39, 0.29) is 12.4 Å². The number of morpholine rings is 1. The summed E-state index contributed by atoms with van der Waals surface area (Å²) in [5, 5.41) is 0. The Balaban J connectivity index is 0.00000220. The maximum atomic E-state index is 12.7. The first kappa shape index (κ1) is 19.1. The maximum Gasteiger partial charge on any atom is 0.282 e. The van der Waals surface area contributed by atoms with Gasteiger partial charge in [0, 0.05) is 32.2 Å². The van der Waals surface area contributed by atoms with Crippen molar-refractivity contribution in [2.45, 2.75) is 25.8 Å². The van der Waals surface area contributed by atoms with Crippen LogP contribution in [0.1, 0.15) is 19.8 Å². The zero-order valence-corrected chi connectivity index (χ0v) is 14.8. The zero-order valence-electron chi connectivity index (χ0n) is 13.2. The van der Waals surface area contributed by atoms with Crippen LogP contribution in [-0.2, 0) is 14.9 Å². The summed E-state index contributed by atoms with van der Waals surface area (Å²) in [6.45, 7) is 5.37. The molecule has 6 nitrogen and oxygen atoms in total. The van der Waals surface area contributed by atoms with E-state index in [1.807, 2.05) is 14.1 Å². The van der Waals surface area contributed by atoms with E-state index in [1.54, 1.807) is 8.61 Å². The molecule has 2 aliphatic heterocycles. The van der Waals surface area contributed by atoms with Gasteiger partial charge >= 0.3 is 0 Å². The molecule has 2 aliphatic rings. The van der Waals surface area contributed by atoms with Crippen LogP contribution in [0.25, 0.3) is 0 Å². The Morgan fingerprint density at radius 1 is 1.14 bits per heavy atom. The maximum absolute atomic E-state index is 12.7. The summed E-state index contributed by atoms with van der Waals surface area (Å²) in [5.74, 6) is 0.436. The molecular formula is C13H28ClN3O3S. The number of hydrogen-bond acceptors (Lipinski definition) is 4. The largest absolute Gasteiger partial charge is 0.379 e. The highest BCUT2D eigenvalue weighted by atomic mass is 35.5. The van der Waals surface area contributed by atoms with E-state index in [0.29, 0.717) is 51.4 Å². The van der Waals surface area contributed by atoms with Crippen LogP contribution in [0.3, 0.4) is 0 Å². The fraction of sp³-hybridized carbons (Fsp3) is 1.00. The number of rotatable bonds is 5. The number of halogens is 1. The third-order valence-electron chi connectivity index (χ3n) is 4.32. The van der Waals surface area contributed by atoms with Gasteiger partial charge < -0.3 is 9.64 Å². The minimum atomic E-state index is -3.32. The van der Waals surface area contributed by atoms with E-state index in [1.165, 1.54) is 0 Å². The van der Waals surface area contributed by atoms with Crippen LogP contribution in [0.4, 0.5) is 0 Å². The Morgan fingerprint density at radius 2 is 1.76 bits per heavy atom. The summed E-state index contributed by atoms with van der Waals surface area (Å²) in [7, 11) is 0.760. The van der Waals surface area contributed by atoms with Crippen LogP contribution >= 0.6 is 12.4 Å². The summed E-state index contributed by atoms with van der Waals surface area (Å²) >= 11 is 0. The van der Waals surface area contributed by atoms with Gasteiger partial charge in [-0.05, 0) is 26.4 Å². The molecule has 0 aromatic carbocycles. The van der Waals surface area contributed by atoms with Crippen molar-refractivity contribution in [2.75, 3.05) is 53.5 Å². The van der Waals surface area contributed by atoms with Crippen molar-refractivity contribution in [3.8, 4) is 0 Å². The SMILES string of the molecule is CCC[C@H]1CN(S(=O)(=O)N2CCOCC2)C[C@@H]1N(C)C.Cl. The van der Waals surface area contributed by atoms with E-state index in [9.17, 15) is 8.42 Å². The van der Waals surface area contributed by atoms with Gasteiger partial charge in [-0.2, -0.15) is 17.0 Å². The Bertz CT molecular complexity index is 413. The number of likely N-dealkylation sites (N-methyl/N-ethyl adjacent to an activating group) is 1. The van der Waals surface area contributed by atoms with Crippen molar-refractivity contribution in [1.82, 2.24) is 13.5 Å². The second-order valence-corrected chi connectivity index (χ2v) is 7.84. The van der Waals surface area contributed by atoms with Crippen LogP contribution in [-0.4, -0.2) is 81.5 Å². The normalized spacial score (nSPS) is 28.8. The lowest BCUT2D eigenvalue weighted by Crippen LogP contribution is -2.48. The third-order valence-corrected chi connectivity index (χ3v) is 6.29. The molecule has 0 radical (unpaired) electrons. The average molecular weight is 342 g/mol. The lowest BCUT2D eigenvalue weighted by molar-refractivity contribution is 0.0704. The van der Waals surface area contributed by atoms with Crippen LogP contribution < -0.4 is 0 Å². The monoisotopic (exact) mass is 341 g/mol. The Labute approximate surface area is 135 Å². The summed E-state index contributed by atoms with van der Waals surface area (Å²) in [6.07, 6.45) is 2.18. The van der Waals surface area contributed by atoms with Crippen molar-refractivity contribution >= 4 is 22.6 Å². The Morgan fingerprint density at radius 3 is 2.29 bits per heavy atom. The molecular weight excluding hydrogens is 314 g/mol. The second-order valence-electron chi connectivity index (χ2n) is 5.92.